The number of nitrogens with one attached hydrogen (secondary N) is 1. The molecule has 2 atom stereocenters. The predicted octanol–water partition coefficient (Wildman–Crippen LogP) is 2.21. The van der Waals surface area contributed by atoms with E-state index in [4.69, 9.17) is 0 Å². The first-order valence-corrected chi connectivity index (χ1v) is 7.30. The Labute approximate surface area is 125 Å². The zero-order valence-electron chi connectivity index (χ0n) is 12.8. The molecule has 0 spiro atoms. The summed E-state index contributed by atoms with van der Waals surface area (Å²) < 4.78 is 0. The van der Waals surface area contributed by atoms with Gasteiger partial charge >= 0.3 is 0 Å². The Balaban J connectivity index is 2.31. The molecule has 0 radical (unpaired) electrons. The molecule has 1 aromatic rings. The van der Waals surface area contributed by atoms with Crippen LogP contribution < -0.4 is 5.32 Å². The third kappa shape index (κ3) is 2.84. The Morgan fingerprint density at radius 3 is 2.57 bits per heavy atom. The van der Waals surface area contributed by atoms with E-state index in [1.165, 1.54) is 0 Å². The molecule has 112 valence electrons. The number of carbonyl (C=O) groups is 2. The van der Waals surface area contributed by atoms with E-state index in [0.29, 0.717) is 6.54 Å². The highest BCUT2D eigenvalue weighted by molar-refractivity contribution is 6.00. The number of hydrogen-bond donors (Lipinski definition) is 1. The van der Waals surface area contributed by atoms with E-state index in [2.05, 4.69) is 5.32 Å². The number of benzene rings is 1. The maximum atomic E-state index is 12.9. The monoisotopic (exact) mass is 286 g/mol. The van der Waals surface area contributed by atoms with Gasteiger partial charge in [0.15, 0.2) is 0 Å². The molecule has 1 aromatic carbocycles. The second-order valence-corrected chi connectivity index (χ2v) is 5.51. The molecule has 1 fully saturated rings. The molecule has 1 aliphatic heterocycles. The van der Waals surface area contributed by atoms with Crippen molar-refractivity contribution in [1.29, 1.82) is 0 Å². The van der Waals surface area contributed by atoms with Crippen molar-refractivity contribution in [2.45, 2.75) is 38.8 Å². The first kappa shape index (κ1) is 15.3. The minimum Gasteiger partial charge on any atom is -0.336 e. The number of nitrogens with zero attached hydrogens (tertiary/aromatic N) is 1. The van der Waals surface area contributed by atoms with E-state index in [-0.39, 0.29) is 11.8 Å². The highest BCUT2D eigenvalue weighted by atomic mass is 16.2. The number of hydrogen-bond acceptors (Lipinski definition) is 2. The number of amides is 2. The van der Waals surface area contributed by atoms with Crippen LogP contribution in [0.4, 0.5) is 0 Å². The SMILES string of the molecule is C/C=C/CCN1C(=O)C(C)(c2ccccc2)NC(=O)C1C. The smallest absolute Gasteiger partial charge is 0.253 e. The van der Waals surface area contributed by atoms with E-state index >= 15 is 0 Å². The van der Waals surface area contributed by atoms with Crippen molar-refractivity contribution >= 4 is 11.8 Å². The van der Waals surface area contributed by atoms with E-state index in [1.807, 2.05) is 49.4 Å². The third-order valence-electron chi connectivity index (χ3n) is 4.03. The van der Waals surface area contributed by atoms with E-state index in [9.17, 15) is 9.59 Å². The lowest BCUT2D eigenvalue weighted by Gasteiger charge is -2.43. The zero-order chi connectivity index (χ0) is 15.5. The van der Waals surface area contributed by atoms with Crippen molar-refractivity contribution in [2.75, 3.05) is 6.54 Å². The van der Waals surface area contributed by atoms with Crippen molar-refractivity contribution in [1.82, 2.24) is 10.2 Å². The molecule has 1 N–H and O–H groups in total. The Bertz CT molecular complexity index is 553. The largest absolute Gasteiger partial charge is 0.336 e. The number of piperazine rings is 1. The highest BCUT2D eigenvalue weighted by Crippen LogP contribution is 2.28. The van der Waals surface area contributed by atoms with Crippen molar-refractivity contribution in [3.05, 3.63) is 48.0 Å². The molecule has 1 aliphatic rings. The highest BCUT2D eigenvalue weighted by Gasteiger charge is 2.47. The van der Waals surface area contributed by atoms with Crippen molar-refractivity contribution < 1.29 is 9.59 Å². The second-order valence-electron chi connectivity index (χ2n) is 5.51. The number of carbonyl (C=O) groups excluding carboxylic acids is 2. The lowest BCUT2D eigenvalue weighted by Crippen LogP contribution is -2.66. The molecular formula is C17H22N2O2. The van der Waals surface area contributed by atoms with E-state index in [0.717, 1.165) is 12.0 Å². The maximum absolute atomic E-state index is 12.9. The average Bonchev–Trinajstić information content (AvgIpc) is 2.50. The van der Waals surface area contributed by atoms with Crippen LogP contribution in [0.5, 0.6) is 0 Å². The summed E-state index contributed by atoms with van der Waals surface area (Å²) >= 11 is 0. The molecule has 4 heteroatoms. The Morgan fingerprint density at radius 2 is 1.95 bits per heavy atom. The van der Waals surface area contributed by atoms with Gasteiger partial charge in [0.25, 0.3) is 5.91 Å². The summed E-state index contributed by atoms with van der Waals surface area (Å²) in [5.41, 5.74) is -0.174. The van der Waals surface area contributed by atoms with Gasteiger partial charge in [0.2, 0.25) is 5.91 Å². The quantitative estimate of drug-likeness (QED) is 0.863. The van der Waals surface area contributed by atoms with Crippen LogP contribution >= 0.6 is 0 Å². The maximum Gasteiger partial charge on any atom is 0.253 e. The molecule has 0 saturated carbocycles. The lowest BCUT2D eigenvalue weighted by atomic mass is 9.87. The first-order valence-electron chi connectivity index (χ1n) is 7.30. The van der Waals surface area contributed by atoms with Crippen LogP contribution in [-0.2, 0) is 15.1 Å². The molecule has 2 rings (SSSR count). The predicted molar refractivity (Wildman–Crippen MR) is 82.5 cm³/mol. The number of allylic oxidation sites excluding steroid dienone is 1. The van der Waals surface area contributed by atoms with Crippen LogP contribution in [0.3, 0.4) is 0 Å². The van der Waals surface area contributed by atoms with Gasteiger partial charge in [-0.25, -0.2) is 0 Å². The Kier molecular flexibility index (Phi) is 4.46. The molecule has 1 saturated heterocycles. The minimum absolute atomic E-state index is 0.0506. The molecule has 2 amide bonds. The second kappa shape index (κ2) is 6.12. The first-order chi connectivity index (χ1) is 10.0. The van der Waals surface area contributed by atoms with Gasteiger partial charge in [-0.1, -0.05) is 42.5 Å². The van der Waals surface area contributed by atoms with Gasteiger partial charge < -0.3 is 10.2 Å². The lowest BCUT2D eigenvalue weighted by molar-refractivity contribution is -0.154. The fourth-order valence-electron chi connectivity index (χ4n) is 2.65. The van der Waals surface area contributed by atoms with E-state index < -0.39 is 11.6 Å². The molecule has 0 bridgehead atoms. The van der Waals surface area contributed by atoms with Crippen molar-refractivity contribution in [3.8, 4) is 0 Å². The fourth-order valence-corrected chi connectivity index (χ4v) is 2.65. The summed E-state index contributed by atoms with van der Waals surface area (Å²) in [6, 6.07) is 8.97. The van der Waals surface area contributed by atoms with Crippen LogP contribution in [0, 0.1) is 0 Å². The third-order valence-corrected chi connectivity index (χ3v) is 4.03. The molecule has 21 heavy (non-hydrogen) atoms. The van der Waals surface area contributed by atoms with Gasteiger partial charge in [0.1, 0.15) is 11.6 Å². The normalized spacial score (nSPS) is 26.2. The van der Waals surface area contributed by atoms with E-state index in [1.54, 1.807) is 18.7 Å². The summed E-state index contributed by atoms with van der Waals surface area (Å²) in [6.45, 7) is 6.05. The van der Waals surface area contributed by atoms with Gasteiger partial charge in [-0.05, 0) is 32.8 Å². The molecule has 0 aliphatic carbocycles. The van der Waals surface area contributed by atoms with Crippen LogP contribution in [0.1, 0.15) is 32.8 Å². The van der Waals surface area contributed by atoms with Gasteiger partial charge in [-0.2, -0.15) is 0 Å². The van der Waals surface area contributed by atoms with Gasteiger partial charge in [0.05, 0.1) is 0 Å². The van der Waals surface area contributed by atoms with Crippen LogP contribution in [0.15, 0.2) is 42.5 Å². The van der Waals surface area contributed by atoms with Crippen LogP contribution in [0.25, 0.3) is 0 Å². The molecule has 0 aromatic heterocycles. The molecule has 4 nitrogen and oxygen atoms in total. The summed E-state index contributed by atoms with van der Waals surface area (Å²) in [4.78, 5) is 26.8. The Morgan fingerprint density at radius 1 is 1.29 bits per heavy atom. The van der Waals surface area contributed by atoms with Crippen molar-refractivity contribution in [3.63, 3.8) is 0 Å². The minimum atomic E-state index is -0.985. The Hall–Kier alpha value is -2.10. The average molecular weight is 286 g/mol. The zero-order valence-corrected chi connectivity index (χ0v) is 12.8. The van der Waals surface area contributed by atoms with Gasteiger partial charge in [-0.3, -0.25) is 9.59 Å². The van der Waals surface area contributed by atoms with Crippen LogP contribution in [-0.4, -0.2) is 29.3 Å². The summed E-state index contributed by atoms with van der Waals surface area (Å²) in [5.74, 6) is -0.160. The van der Waals surface area contributed by atoms with Crippen molar-refractivity contribution in [2.24, 2.45) is 0 Å². The standard InChI is InChI=1S/C17H22N2O2/c1-4-5-9-12-19-13(2)15(20)18-17(3,16(19)21)14-10-7-6-8-11-14/h4-8,10-11,13H,9,12H2,1-3H3,(H,18,20)/b5-4+. The summed E-state index contributed by atoms with van der Waals surface area (Å²) in [5, 5.41) is 2.88. The van der Waals surface area contributed by atoms with Crippen LogP contribution in [0.2, 0.25) is 0 Å². The topological polar surface area (TPSA) is 49.4 Å². The fraction of sp³-hybridized carbons (Fsp3) is 0.412. The summed E-state index contributed by atoms with van der Waals surface area (Å²) in [6.07, 6.45) is 4.71. The van der Waals surface area contributed by atoms with Gasteiger partial charge in [0, 0.05) is 6.54 Å². The summed E-state index contributed by atoms with van der Waals surface area (Å²) in [7, 11) is 0. The molecule has 2 unspecified atom stereocenters. The molecular weight excluding hydrogens is 264 g/mol. The molecule has 1 heterocycles. The number of rotatable bonds is 4. The van der Waals surface area contributed by atoms with Gasteiger partial charge in [-0.15, -0.1) is 0 Å².